The van der Waals surface area contributed by atoms with E-state index in [4.69, 9.17) is 5.73 Å². The monoisotopic (exact) mass is 281 g/mol. The Morgan fingerprint density at radius 2 is 2.05 bits per heavy atom. The van der Waals surface area contributed by atoms with Crippen LogP contribution in [0.3, 0.4) is 0 Å². The summed E-state index contributed by atoms with van der Waals surface area (Å²) in [6.45, 7) is 4.59. The van der Waals surface area contributed by atoms with Crippen LogP contribution in [0, 0.1) is 5.92 Å². The topological polar surface area (TPSA) is 58.4 Å². The van der Waals surface area contributed by atoms with Gasteiger partial charge >= 0.3 is 0 Å². The number of likely N-dealkylation sites (tertiary alicyclic amines) is 1. The number of hydrogen-bond donors (Lipinski definition) is 2. The van der Waals surface area contributed by atoms with Crippen LogP contribution < -0.4 is 11.1 Å². The van der Waals surface area contributed by atoms with Crippen molar-refractivity contribution >= 4 is 5.91 Å². The van der Waals surface area contributed by atoms with E-state index < -0.39 is 0 Å². The summed E-state index contributed by atoms with van der Waals surface area (Å²) in [5, 5.41) is 2.98. The maximum Gasteiger partial charge on any atom is 0.221 e. The predicted octanol–water partition coefficient (Wildman–Crippen LogP) is 1.88. The van der Waals surface area contributed by atoms with Crippen molar-refractivity contribution in [3.05, 3.63) is 0 Å². The lowest BCUT2D eigenvalue weighted by Gasteiger charge is -2.35. The Labute approximate surface area is 123 Å². The molecule has 20 heavy (non-hydrogen) atoms. The molecule has 0 bridgehead atoms. The molecule has 2 atom stereocenters. The number of nitrogens with one attached hydrogen (secondary N) is 1. The number of hydrogen-bond acceptors (Lipinski definition) is 3. The van der Waals surface area contributed by atoms with E-state index in [9.17, 15) is 4.79 Å². The number of carbonyl (C=O) groups excluding carboxylic acids is 1. The molecule has 1 amide bonds. The molecule has 0 aromatic heterocycles. The zero-order valence-corrected chi connectivity index (χ0v) is 12.9. The third-order valence-corrected chi connectivity index (χ3v) is 5.02. The molecule has 4 heteroatoms. The van der Waals surface area contributed by atoms with Crippen LogP contribution in [0.5, 0.6) is 0 Å². The van der Waals surface area contributed by atoms with Crippen LogP contribution in [0.15, 0.2) is 0 Å². The number of nitrogens with two attached hydrogens (primary N) is 1. The maximum atomic E-state index is 12.0. The molecule has 3 N–H and O–H groups in total. The summed E-state index contributed by atoms with van der Waals surface area (Å²) < 4.78 is 0. The molecule has 1 saturated heterocycles. The van der Waals surface area contributed by atoms with Gasteiger partial charge in [-0.1, -0.05) is 19.8 Å². The highest BCUT2D eigenvalue weighted by Gasteiger charge is 2.36. The molecule has 0 radical (unpaired) electrons. The van der Waals surface area contributed by atoms with Crippen LogP contribution in [0.25, 0.3) is 0 Å². The molecule has 0 aromatic carbocycles. The van der Waals surface area contributed by atoms with Crippen molar-refractivity contribution in [2.75, 3.05) is 19.6 Å². The summed E-state index contributed by atoms with van der Waals surface area (Å²) in [4.78, 5) is 14.5. The fourth-order valence-electron chi connectivity index (χ4n) is 4.00. The third kappa shape index (κ3) is 3.95. The van der Waals surface area contributed by atoms with Gasteiger partial charge in [-0.2, -0.15) is 0 Å². The van der Waals surface area contributed by atoms with E-state index in [1.807, 2.05) is 0 Å². The van der Waals surface area contributed by atoms with Gasteiger partial charge in [0, 0.05) is 31.6 Å². The average Bonchev–Trinajstić information content (AvgIpc) is 3.12. The standard InChI is InChI=1S/C16H31N3O/c1-2-9-18-16(20)11-14(12-17)19-10-5-8-15(19)13-6-3-4-7-13/h13-15H,2-12,17H2,1H3,(H,18,20). The maximum absolute atomic E-state index is 12.0. The summed E-state index contributed by atoms with van der Waals surface area (Å²) >= 11 is 0. The summed E-state index contributed by atoms with van der Waals surface area (Å²) in [6, 6.07) is 0.921. The molecule has 2 fully saturated rings. The quantitative estimate of drug-likeness (QED) is 0.749. The molecule has 1 aliphatic carbocycles. The van der Waals surface area contributed by atoms with E-state index in [2.05, 4.69) is 17.1 Å². The summed E-state index contributed by atoms with van der Waals surface area (Å²) in [7, 11) is 0. The Morgan fingerprint density at radius 3 is 2.70 bits per heavy atom. The molecule has 0 aromatic rings. The minimum absolute atomic E-state index is 0.166. The van der Waals surface area contributed by atoms with Crippen LogP contribution in [0.2, 0.25) is 0 Å². The molecule has 1 heterocycles. The largest absolute Gasteiger partial charge is 0.356 e. The number of amides is 1. The molecule has 1 aliphatic heterocycles. The highest BCUT2D eigenvalue weighted by molar-refractivity contribution is 5.76. The van der Waals surface area contributed by atoms with Crippen LogP contribution in [-0.4, -0.2) is 42.5 Å². The predicted molar refractivity (Wildman–Crippen MR) is 82.4 cm³/mol. The molecular formula is C16H31N3O. The number of nitrogens with zero attached hydrogens (tertiary/aromatic N) is 1. The van der Waals surface area contributed by atoms with Crippen molar-refractivity contribution in [2.24, 2.45) is 11.7 Å². The zero-order chi connectivity index (χ0) is 14.4. The average molecular weight is 281 g/mol. The van der Waals surface area contributed by atoms with E-state index >= 15 is 0 Å². The van der Waals surface area contributed by atoms with Crippen LogP contribution >= 0.6 is 0 Å². The van der Waals surface area contributed by atoms with Gasteiger partial charge in [-0.05, 0) is 44.6 Å². The number of rotatable bonds is 7. The highest BCUT2D eigenvalue weighted by Crippen LogP contribution is 2.36. The first kappa shape index (κ1) is 15.8. The lowest BCUT2D eigenvalue weighted by atomic mass is 9.94. The summed E-state index contributed by atoms with van der Waals surface area (Å²) in [5.74, 6) is 1.02. The van der Waals surface area contributed by atoms with Gasteiger partial charge in [0.2, 0.25) is 5.91 Å². The molecule has 2 rings (SSSR count). The Balaban J connectivity index is 1.89. The lowest BCUT2D eigenvalue weighted by molar-refractivity contribution is -0.122. The second-order valence-corrected chi connectivity index (χ2v) is 6.44. The van der Waals surface area contributed by atoms with Crippen molar-refractivity contribution in [3.8, 4) is 0 Å². The Hall–Kier alpha value is -0.610. The molecule has 2 aliphatic rings. The SMILES string of the molecule is CCCNC(=O)CC(CN)N1CCCC1C1CCCC1. The van der Waals surface area contributed by atoms with Gasteiger partial charge < -0.3 is 11.1 Å². The van der Waals surface area contributed by atoms with Gasteiger partial charge in [0.05, 0.1) is 0 Å². The minimum Gasteiger partial charge on any atom is -0.356 e. The van der Waals surface area contributed by atoms with Gasteiger partial charge in [0.1, 0.15) is 0 Å². The molecule has 1 saturated carbocycles. The first-order valence-corrected chi connectivity index (χ1v) is 8.48. The Bertz CT molecular complexity index is 302. The summed E-state index contributed by atoms with van der Waals surface area (Å²) in [5.41, 5.74) is 5.97. The Morgan fingerprint density at radius 1 is 1.30 bits per heavy atom. The van der Waals surface area contributed by atoms with Crippen molar-refractivity contribution in [2.45, 2.75) is 70.4 Å². The van der Waals surface area contributed by atoms with Crippen molar-refractivity contribution in [1.82, 2.24) is 10.2 Å². The lowest BCUT2D eigenvalue weighted by Crippen LogP contribution is -2.48. The van der Waals surface area contributed by atoms with Crippen LogP contribution in [-0.2, 0) is 4.79 Å². The Kier molecular flexibility index (Phi) is 6.30. The molecule has 0 spiro atoms. The van der Waals surface area contributed by atoms with E-state index in [0.29, 0.717) is 19.0 Å². The van der Waals surface area contributed by atoms with E-state index in [1.165, 1.54) is 38.5 Å². The van der Waals surface area contributed by atoms with Gasteiger partial charge in [0.25, 0.3) is 0 Å². The van der Waals surface area contributed by atoms with E-state index in [0.717, 1.165) is 25.4 Å². The molecule has 116 valence electrons. The molecule has 4 nitrogen and oxygen atoms in total. The van der Waals surface area contributed by atoms with Crippen molar-refractivity contribution in [3.63, 3.8) is 0 Å². The highest BCUT2D eigenvalue weighted by atomic mass is 16.1. The van der Waals surface area contributed by atoms with Gasteiger partial charge in [-0.3, -0.25) is 9.69 Å². The molecule has 2 unspecified atom stereocenters. The second kappa shape index (κ2) is 7.99. The second-order valence-electron chi connectivity index (χ2n) is 6.44. The van der Waals surface area contributed by atoms with Crippen molar-refractivity contribution in [1.29, 1.82) is 0 Å². The minimum atomic E-state index is 0.166. The molecular weight excluding hydrogens is 250 g/mol. The van der Waals surface area contributed by atoms with Crippen LogP contribution in [0.4, 0.5) is 0 Å². The number of carbonyl (C=O) groups is 1. The fourth-order valence-corrected chi connectivity index (χ4v) is 4.00. The normalized spacial score (nSPS) is 26.0. The smallest absolute Gasteiger partial charge is 0.221 e. The zero-order valence-electron chi connectivity index (χ0n) is 12.9. The van der Waals surface area contributed by atoms with E-state index in [1.54, 1.807) is 0 Å². The van der Waals surface area contributed by atoms with E-state index in [-0.39, 0.29) is 11.9 Å². The third-order valence-electron chi connectivity index (χ3n) is 5.02. The first-order valence-electron chi connectivity index (χ1n) is 8.48. The van der Waals surface area contributed by atoms with Gasteiger partial charge in [-0.15, -0.1) is 0 Å². The van der Waals surface area contributed by atoms with Crippen LogP contribution in [0.1, 0.15) is 58.3 Å². The summed E-state index contributed by atoms with van der Waals surface area (Å²) in [6.07, 6.45) is 9.67. The van der Waals surface area contributed by atoms with Crippen molar-refractivity contribution < 1.29 is 4.79 Å². The van der Waals surface area contributed by atoms with Gasteiger partial charge in [0.15, 0.2) is 0 Å². The fraction of sp³-hybridized carbons (Fsp3) is 0.938. The first-order chi connectivity index (χ1) is 9.76. The van der Waals surface area contributed by atoms with Gasteiger partial charge in [-0.25, -0.2) is 0 Å².